The maximum Gasteiger partial charge on any atom is 0.260 e. The zero-order valence-electron chi connectivity index (χ0n) is 11.9. The van der Waals surface area contributed by atoms with Gasteiger partial charge in [-0.25, -0.2) is 18.1 Å². The Morgan fingerprint density at radius 1 is 1.35 bits per heavy atom. The van der Waals surface area contributed by atoms with Crippen molar-refractivity contribution in [1.82, 2.24) is 14.1 Å². The number of aryl methyl sites for hydroxylation is 1. The van der Waals surface area contributed by atoms with Crippen LogP contribution in [-0.4, -0.2) is 31.5 Å². The van der Waals surface area contributed by atoms with Gasteiger partial charge in [-0.1, -0.05) is 19.9 Å². The number of nitrogens with one attached hydrogen (secondary N) is 1. The number of hydrogen-bond donors (Lipinski definition) is 1. The van der Waals surface area contributed by atoms with Crippen LogP contribution >= 0.6 is 0 Å². The van der Waals surface area contributed by atoms with Crippen LogP contribution in [-0.2, 0) is 16.4 Å². The number of methoxy groups -OCH3 is 1. The number of nitrogens with zero attached hydrogens (tertiary/aromatic N) is 2. The number of fused-ring (bicyclic) bond motifs is 1. The minimum atomic E-state index is -3.60. The molecule has 7 heteroatoms. The molecule has 0 amide bonds. The summed E-state index contributed by atoms with van der Waals surface area (Å²) in [6.07, 6.45) is 1.56. The summed E-state index contributed by atoms with van der Waals surface area (Å²) in [7, 11) is -2.04. The van der Waals surface area contributed by atoms with Crippen molar-refractivity contribution in [1.29, 1.82) is 0 Å². The lowest BCUT2D eigenvalue weighted by Crippen LogP contribution is -2.23. The summed E-state index contributed by atoms with van der Waals surface area (Å²) in [5.41, 5.74) is 0.536. The van der Waals surface area contributed by atoms with E-state index in [9.17, 15) is 8.42 Å². The zero-order chi connectivity index (χ0) is 14.8. The average Bonchev–Trinajstić information content (AvgIpc) is 2.79. The summed E-state index contributed by atoms with van der Waals surface area (Å²) in [4.78, 5) is 4.31. The second kappa shape index (κ2) is 5.80. The van der Waals surface area contributed by atoms with Crippen LogP contribution < -0.4 is 9.46 Å². The van der Waals surface area contributed by atoms with E-state index in [2.05, 4.69) is 9.71 Å². The van der Waals surface area contributed by atoms with Crippen LogP contribution in [0.1, 0.15) is 26.1 Å². The molecule has 0 aliphatic heterocycles. The van der Waals surface area contributed by atoms with E-state index in [0.717, 1.165) is 6.42 Å². The van der Waals surface area contributed by atoms with E-state index >= 15 is 0 Å². The molecule has 1 N–H and O–H groups in total. The second-order valence-electron chi connectivity index (χ2n) is 4.37. The van der Waals surface area contributed by atoms with Crippen molar-refractivity contribution >= 4 is 15.5 Å². The molecule has 0 aliphatic rings. The smallest absolute Gasteiger partial charge is 0.260 e. The SMILES string of the molecule is CCCc1nc(S(=O)(=O)NCC)c2cccc(OC)n12. The van der Waals surface area contributed by atoms with Crippen LogP contribution in [0.4, 0.5) is 0 Å². The summed E-state index contributed by atoms with van der Waals surface area (Å²) in [5, 5.41) is 0.0571. The molecule has 0 aliphatic carbocycles. The van der Waals surface area contributed by atoms with Gasteiger partial charge in [0, 0.05) is 13.0 Å². The van der Waals surface area contributed by atoms with E-state index in [-0.39, 0.29) is 5.03 Å². The molecule has 2 aromatic rings. The predicted octanol–water partition coefficient (Wildman–Crippen LogP) is 1.59. The highest BCUT2D eigenvalue weighted by molar-refractivity contribution is 7.89. The number of sulfonamides is 1. The van der Waals surface area contributed by atoms with E-state index in [1.54, 1.807) is 36.6 Å². The lowest BCUT2D eigenvalue weighted by molar-refractivity contribution is 0.390. The van der Waals surface area contributed by atoms with Gasteiger partial charge in [0.25, 0.3) is 10.0 Å². The molecule has 0 aromatic carbocycles. The van der Waals surface area contributed by atoms with Crippen molar-refractivity contribution in [2.45, 2.75) is 31.7 Å². The van der Waals surface area contributed by atoms with Gasteiger partial charge in [-0.3, -0.25) is 4.40 Å². The molecule has 20 heavy (non-hydrogen) atoms. The van der Waals surface area contributed by atoms with Crippen LogP contribution in [0.3, 0.4) is 0 Å². The number of imidazole rings is 1. The molecule has 0 radical (unpaired) electrons. The van der Waals surface area contributed by atoms with Crippen LogP contribution in [0.2, 0.25) is 0 Å². The van der Waals surface area contributed by atoms with E-state index < -0.39 is 10.0 Å². The topological polar surface area (TPSA) is 72.7 Å². The van der Waals surface area contributed by atoms with E-state index in [1.807, 2.05) is 6.92 Å². The van der Waals surface area contributed by atoms with Crippen molar-refractivity contribution in [3.8, 4) is 5.88 Å². The molecule has 6 nitrogen and oxygen atoms in total. The molecule has 2 aromatic heterocycles. The van der Waals surface area contributed by atoms with Crippen molar-refractivity contribution < 1.29 is 13.2 Å². The summed E-state index contributed by atoms with van der Waals surface area (Å²) < 4.78 is 34.0. The maximum absolute atomic E-state index is 12.2. The van der Waals surface area contributed by atoms with Gasteiger partial charge >= 0.3 is 0 Å². The Morgan fingerprint density at radius 3 is 2.70 bits per heavy atom. The van der Waals surface area contributed by atoms with Gasteiger partial charge in [-0.2, -0.15) is 0 Å². The van der Waals surface area contributed by atoms with Crippen molar-refractivity contribution in [3.05, 3.63) is 24.0 Å². The van der Waals surface area contributed by atoms with Crippen molar-refractivity contribution in [2.75, 3.05) is 13.7 Å². The van der Waals surface area contributed by atoms with E-state index in [0.29, 0.717) is 30.2 Å². The largest absolute Gasteiger partial charge is 0.482 e. The Hall–Kier alpha value is -1.60. The lowest BCUT2D eigenvalue weighted by Gasteiger charge is -2.06. The molecule has 0 atom stereocenters. The van der Waals surface area contributed by atoms with Gasteiger partial charge in [0.15, 0.2) is 10.9 Å². The van der Waals surface area contributed by atoms with Crippen molar-refractivity contribution in [3.63, 3.8) is 0 Å². The van der Waals surface area contributed by atoms with Gasteiger partial charge in [0.05, 0.1) is 12.6 Å². The van der Waals surface area contributed by atoms with Gasteiger partial charge < -0.3 is 4.74 Å². The number of hydrogen-bond acceptors (Lipinski definition) is 4. The maximum atomic E-state index is 12.2. The third-order valence-corrected chi connectivity index (χ3v) is 4.41. The molecule has 2 heterocycles. The number of rotatable bonds is 6. The molecule has 0 fully saturated rings. The molecular weight excluding hydrogens is 278 g/mol. The van der Waals surface area contributed by atoms with Gasteiger partial charge in [0.1, 0.15) is 5.82 Å². The predicted molar refractivity (Wildman–Crippen MR) is 76.6 cm³/mol. The second-order valence-corrected chi connectivity index (χ2v) is 6.06. The molecule has 110 valence electrons. The van der Waals surface area contributed by atoms with Gasteiger partial charge in [0.2, 0.25) is 0 Å². The fourth-order valence-corrected chi connectivity index (χ4v) is 3.33. The Balaban J connectivity index is 2.75. The Labute approximate surface area is 118 Å². The number of pyridine rings is 1. The Bertz CT molecular complexity index is 707. The fourth-order valence-electron chi connectivity index (χ4n) is 2.15. The molecule has 0 bridgehead atoms. The number of aromatic nitrogens is 2. The molecular formula is C13H19N3O3S. The fraction of sp³-hybridized carbons (Fsp3) is 0.462. The molecule has 0 saturated heterocycles. The molecule has 0 saturated carbocycles. The zero-order valence-corrected chi connectivity index (χ0v) is 12.7. The van der Waals surface area contributed by atoms with Crippen LogP contribution in [0.15, 0.2) is 23.2 Å². The third kappa shape index (κ3) is 2.51. The van der Waals surface area contributed by atoms with E-state index in [4.69, 9.17) is 4.74 Å². The highest BCUT2D eigenvalue weighted by atomic mass is 32.2. The molecule has 0 unspecified atom stereocenters. The van der Waals surface area contributed by atoms with E-state index in [1.165, 1.54) is 0 Å². The van der Waals surface area contributed by atoms with Gasteiger partial charge in [-0.05, 0) is 18.6 Å². The van der Waals surface area contributed by atoms with Gasteiger partial charge in [-0.15, -0.1) is 0 Å². The summed E-state index contributed by atoms with van der Waals surface area (Å²) in [5.74, 6) is 1.27. The highest BCUT2D eigenvalue weighted by Crippen LogP contribution is 2.24. The lowest BCUT2D eigenvalue weighted by atomic mass is 10.3. The first-order valence-electron chi connectivity index (χ1n) is 6.59. The summed E-state index contributed by atoms with van der Waals surface area (Å²) in [6, 6.07) is 5.28. The average molecular weight is 297 g/mol. The van der Waals surface area contributed by atoms with Crippen LogP contribution in [0.5, 0.6) is 5.88 Å². The standard InChI is InChI=1S/C13H19N3O3S/c1-4-7-11-15-13(20(17,18)14-5-2)10-8-6-9-12(19-3)16(10)11/h6,8-9,14H,4-5,7H2,1-3H3. The first-order valence-corrected chi connectivity index (χ1v) is 8.07. The van der Waals surface area contributed by atoms with Crippen LogP contribution in [0, 0.1) is 0 Å². The minimum Gasteiger partial charge on any atom is -0.482 e. The third-order valence-electron chi connectivity index (χ3n) is 2.93. The molecule has 0 spiro atoms. The normalized spacial score (nSPS) is 11.9. The van der Waals surface area contributed by atoms with Crippen molar-refractivity contribution in [2.24, 2.45) is 0 Å². The highest BCUT2D eigenvalue weighted by Gasteiger charge is 2.23. The monoisotopic (exact) mass is 297 g/mol. The number of ether oxygens (including phenoxy) is 1. The molecule has 2 rings (SSSR count). The van der Waals surface area contributed by atoms with Crippen LogP contribution in [0.25, 0.3) is 5.52 Å². The minimum absolute atomic E-state index is 0.0571. The quantitative estimate of drug-likeness (QED) is 0.879. The Morgan fingerprint density at radius 2 is 2.10 bits per heavy atom. The first kappa shape index (κ1) is 14.8. The summed E-state index contributed by atoms with van der Waals surface area (Å²) in [6.45, 7) is 4.09. The summed E-state index contributed by atoms with van der Waals surface area (Å²) >= 11 is 0. The Kier molecular flexibility index (Phi) is 4.29. The first-order chi connectivity index (χ1) is 9.55.